The first-order valence-electron chi connectivity index (χ1n) is 11.3. The predicted molar refractivity (Wildman–Crippen MR) is 142 cm³/mol. The molecule has 0 unspecified atom stereocenters. The van der Waals surface area contributed by atoms with E-state index in [4.69, 9.17) is 3.63 Å². The van der Waals surface area contributed by atoms with E-state index in [1.165, 1.54) is 18.2 Å². The van der Waals surface area contributed by atoms with E-state index >= 15 is 0 Å². The lowest BCUT2D eigenvalue weighted by atomic mass is 9.87. The van der Waals surface area contributed by atoms with Crippen LogP contribution in [0.3, 0.4) is 0 Å². The fourth-order valence-electron chi connectivity index (χ4n) is 3.82. The minimum atomic E-state index is -4.42. The number of nitrogens with zero attached hydrogens (tertiary/aromatic N) is 1. The van der Waals surface area contributed by atoms with Gasteiger partial charge in [0, 0.05) is 26.8 Å². The molecule has 4 aromatic rings. The highest BCUT2D eigenvalue weighted by atomic mass is 32.3. The predicted octanol–water partition coefficient (Wildman–Crippen LogP) is 7.49. The average molecular weight is 522 g/mol. The van der Waals surface area contributed by atoms with Crippen molar-refractivity contribution < 1.29 is 17.0 Å². The highest BCUT2D eigenvalue weighted by Crippen LogP contribution is 2.70. The first kappa shape index (κ1) is 25.6. The van der Waals surface area contributed by atoms with Crippen LogP contribution in [0, 0.1) is 10.1 Å². The Morgan fingerprint density at radius 2 is 1.14 bits per heavy atom. The Hall–Kier alpha value is -3.46. The summed E-state index contributed by atoms with van der Waals surface area (Å²) >= 11 is 0. The minimum Gasteiger partial charge on any atom is -0.258 e. The Morgan fingerprint density at radius 3 is 1.61 bits per heavy atom. The normalized spacial score (nSPS) is 12.8. The van der Waals surface area contributed by atoms with Crippen molar-refractivity contribution in [2.75, 3.05) is 0 Å². The Bertz CT molecular complexity index is 1420. The van der Waals surface area contributed by atoms with Crippen molar-refractivity contribution in [2.24, 2.45) is 0 Å². The lowest BCUT2D eigenvalue weighted by molar-refractivity contribution is -0.385. The van der Waals surface area contributed by atoms with Gasteiger partial charge in [0.25, 0.3) is 5.69 Å². The van der Waals surface area contributed by atoms with E-state index in [1.807, 2.05) is 84.9 Å². The summed E-state index contributed by atoms with van der Waals surface area (Å²) < 4.78 is 33.8. The second-order valence-corrected chi connectivity index (χ2v) is 13.7. The summed E-state index contributed by atoms with van der Waals surface area (Å²) in [4.78, 5) is 12.5. The molecule has 36 heavy (non-hydrogen) atoms. The molecular formula is C28H27NO5S2. The van der Waals surface area contributed by atoms with Crippen LogP contribution in [-0.4, -0.2) is 13.3 Å². The lowest BCUT2D eigenvalue weighted by Crippen LogP contribution is -2.15. The third kappa shape index (κ3) is 5.06. The lowest BCUT2D eigenvalue weighted by Gasteiger charge is -2.39. The molecule has 0 saturated carbocycles. The van der Waals surface area contributed by atoms with Crippen LogP contribution < -0.4 is 0 Å². The van der Waals surface area contributed by atoms with Gasteiger partial charge in [-0.2, -0.15) is 8.42 Å². The second kappa shape index (κ2) is 9.89. The fourth-order valence-corrected chi connectivity index (χ4v) is 9.08. The molecule has 186 valence electrons. The molecule has 0 aliphatic rings. The van der Waals surface area contributed by atoms with Gasteiger partial charge in [-0.3, -0.25) is 10.1 Å². The van der Waals surface area contributed by atoms with Crippen LogP contribution in [0.25, 0.3) is 0 Å². The van der Waals surface area contributed by atoms with Gasteiger partial charge in [-0.25, -0.2) is 3.63 Å². The molecule has 8 heteroatoms. The molecule has 0 radical (unpaired) electrons. The van der Waals surface area contributed by atoms with Crippen LogP contribution in [0.1, 0.15) is 26.3 Å². The molecule has 6 nitrogen and oxygen atoms in total. The van der Waals surface area contributed by atoms with Crippen molar-refractivity contribution in [3.8, 4) is 0 Å². The Labute approximate surface area is 213 Å². The van der Waals surface area contributed by atoms with Gasteiger partial charge in [-0.05, 0) is 63.8 Å². The van der Waals surface area contributed by atoms with Gasteiger partial charge in [0.05, 0.1) is 4.92 Å². The molecule has 0 heterocycles. The molecule has 0 N–H and O–H groups in total. The van der Waals surface area contributed by atoms with Crippen molar-refractivity contribution in [1.82, 2.24) is 0 Å². The summed E-state index contributed by atoms with van der Waals surface area (Å²) in [7, 11) is -7.22. The van der Waals surface area contributed by atoms with E-state index in [-0.39, 0.29) is 16.0 Å². The SMILES string of the molecule is CC(C)(C)c1ccc(S(OS(=O)(=O)c2cccc([N+](=O)[O-])c2)(c2ccccc2)c2ccccc2)cc1. The molecule has 0 bridgehead atoms. The molecule has 0 atom stereocenters. The Balaban J connectivity index is 1.99. The largest absolute Gasteiger partial charge is 0.307 e. The van der Waals surface area contributed by atoms with Crippen molar-refractivity contribution >= 4 is 26.1 Å². The standard InChI is InChI=1S/C28H27NO5S2/c1-28(2,3)22-17-19-26(20-18-22)35(24-12-6-4-7-13-24,25-14-8-5-9-15-25)34-36(32,33)27-16-10-11-23(21-27)29(30)31/h4-21H,1-3H3. The van der Waals surface area contributed by atoms with Crippen LogP contribution in [0.2, 0.25) is 0 Å². The smallest absolute Gasteiger partial charge is 0.258 e. The molecule has 0 fully saturated rings. The molecule has 0 amide bonds. The summed E-state index contributed by atoms with van der Waals surface area (Å²) in [6.07, 6.45) is 0. The average Bonchev–Trinajstić information content (AvgIpc) is 2.88. The van der Waals surface area contributed by atoms with Crippen LogP contribution in [0.4, 0.5) is 5.69 Å². The van der Waals surface area contributed by atoms with E-state index in [2.05, 4.69) is 20.8 Å². The molecule has 0 aliphatic heterocycles. The van der Waals surface area contributed by atoms with Crippen molar-refractivity contribution in [3.05, 3.63) is 125 Å². The van der Waals surface area contributed by atoms with Crippen molar-refractivity contribution in [2.45, 2.75) is 45.8 Å². The molecule has 0 spiro atoms. The maximum absolute atomic E-state index is 13.7. The summed E-state index contributed by atoms with van der Waals surface area (Å²) in [5.41, 5.74) is 0.683. The van der Waals surface area contributed by atoms with Crippen LogP contribution in [0.15, 0.2) is 129 Å². The number of benzene rings is 4. The molecule has 4 aromatic carbocycles. The van der Waals surface area contributed by atoms with E-state index in [0.29, 0.717) is 14.7 Å². The van der Waals surface area contributed by atoms with Gasteiger partial charge in [-0.15, -0.1) is 0 Å². The molecule has 0 saturated heterocycles. The zero-order valence-corrected chi connectivity index (χ0v) is 21.8. The number of non-ortho nitro benzene ring substituents is 1. The third-order valence-electron chi connectivity index (χ3n) is 5.71. The van der Waals surface area contributed by atoms with Gasteiger partial charge in [-0.1, -0.05) is 75.4 Å². The van der Waals surface area contributed by atoms with E-state index in [0.717, 1.165) is 11.6 Å². The molecule has 0 aliphatic carbocycles. The maximum atomic E-state index is 13.7. The second-order valence-electron chi connectivity index (χ2n) is 9.23. The Morgan fingerprint density at radius 1 is 0.667 bits per heavy atom. The van der Waals surface area contributed by atoms with Gasteiger partial charge in [0.15, 0.2) is 0 Å². The highest BCUT2D eigenvalue weighted by Gasteiger charge is 2.38. The zero-order valence-electron chi connectivity index (χ0n) is 20.2. The first-order chi connectivity index (χ1) is 17.0. The topological polar surface area (TPSA) is 86.5 Å². The summed E-state index contributed by atoms with van der Waals surface area (Å²) in [6.45, 7) is 6.33. The molecular weight excluding hydrogens is 494 g/mol. The van der Waals surface area contributed by atoms with Gasteiger partial charge in [0.1, 0.15) is 4.90 Å². The van der Waals surface area contributed by atoms with Crippen LogP contribution in [-0.2, 0) is 19.2 Å². The summed E-state index contributed by atoms with van der Waals surface area (Å²) in [5.74, 6) is 0. The van der Waals surface area contributed by atoms with E-state index in [9.17, 15) is 18.5 Å². The van der Waals surface area contributed by atoms with Gasteiger partial charge >= 0.3 is 10.1 Å². The Kier molecular flexibility index (Phi) is 7.04. The van der Waals surface area contributed by atoms with E-state index in [1.54, 1.807) is 0 Å². The first-order valence-corrected chi connectivity index (χ1v) is 14.3. The number of hydrogen-bond donors (Lipinski definition) is 0. The molecule has 4 rings (SSSR count). The van der Waals surface area contributed by atoms with E-state index < -0.39 is 25.4 Å². The maximum Gasteiger partial charge on any atom is 0.307 e. The third-order valence-corrected chi connectivity index (χ3v) is 10.9. The molecule has 0 aromatic heterocycles. The number of rotatable bonds is 7. The number of nitro groups is 1. The highest BCUT2D eigenvalue weighted by molar-refractivity contribution is 8.33. The zero-order chi connectivity index (χ0) is 26.0. The quantitative estimate of drug-likeness (QED) is 0.186. The summed E-state index contributed by atoms with van der Waals surface area (Å²) in [6, 6.07) is 31.2. The minimum absolute atomic E-state index is 0.0913. The van der Waals surface area contributed by atoms with Crippen LogP contribution >= 0.6 is 10.3 Å². The number of hydrogen-bond acceptors (Lipinski definition) is 5. The van der Waals surface area contributed by atoms with Crippen molar-refractivity contribution in [1.29, 1.82) is 0 Å². The van der Waals surface area contributed by atoms with Gasteiger partial charge < -0.3 is 0 Å². The fraction of sp³-hybridized carbons (Fsp3) is 0.143. The number of nitro benzene ring substituents is 1. The van der Waals surface area contributed by atoms with Gasteiger partial charge in [0.2, 0.25) is 0 Å². The summed E-state index contributed by atoms with van der Waals surface area (Å²) in [5, 5.41) is 11.3. The van der Waals surface area contributed by atoms with Crippen molar-refractivity contribution in [3.63, 3.8) is 0 Å². The monoisotopic (exact) mass is 521 g/mol. The van der Waals surface area contributed by atoms with Crippen LogP contribution in [0.5, 0.6) is 0 Å².